The van der Waals surface area contributed by atoms with Crippen molar-refractivity contribution in [3.8, 4) is 17.0 Å². The number of anilines is 1. The van der Waals surface area contributed by atoms with E-state index in [9.17, 15) is 9.59 Å². The number of ether oxygens (including phenoxy) is 3. The van der Waals surface area contributed by atoms with Crippen molar-refractivity contribution in [3.63, 3.8) is 0 Å². The average molecular weight is 492 g/mol. The second-order valence-electron chi connectivity index (χ2n) is 10.2. The Morgan fingerprint density at radius 1 is 0.912 bits per heavy atom. The molecule has 0 saturated heterocycles. The van der Waals surface area contributed by atoms with E-state index >= 15 is 0 Å². The van der Waals surface area contributed by atoms with Gasteiger partial charge in [-0.1, -0.05) is 29.8 Å². The van der Waals surface area contributed by atoms with Gasteiger partial charge in [0, 0.05) is 5.56 Å². The Bertz CT molecular complexity index is 1020. The Morgan fingerprint density at radius 3 is 1.79 bits per heavy atom. The van der Waals surface area contributed by atoms with Gasteiger partial charge in [0.05, 0.1) is 6.10 Å². The molecule has 1 aromatic carbocycles. The van der Waals surface area contributed by atoms with Gasteiger partial charge in [-0.3, -0.25) is 0 Å². The van der Waals surface area contributed by atoms with Crippen molar-refractivity contribution in [2.45, 2.75) is 86.5 Å². The van der Waals surface area contributed by atoms with Crippen LogP contribution in [0, 0.1) is 13.8 Å². The summed E-state index contributed by atoms with van der Waals surface area (Å²) in [5, 5.41) is -0.0477. The summed E-state index contributed by atoms with van der Waals surface area (Å²) in [7, 11) is 0. The minimum Gasteiger partial charge on any atom is -0.485 e. The molecule has 9 heteroatoms. The molecule has 0 aliphatic rings. The summed E-state index contributed by atoms with van der Waals surface area (Å²) in [6.45, 7) is 17.7. The first-order chi connectivity index (χ1) is 15.5. The highest BCUT2D eigenvalue weighted by molar-refractivity contribution is 6.31. The first-order valence-electron chi connectivity index (χ1n) is 11.1. The van der Waals surface area contributed by atoms with Crippen LogP contribution >= 0.6 is 11.6 Å². The quantitative estimate of drug-likeness (QED) is 0.430. The van der Waals surface area contributed by atoms with E-state index in [1.54, 1.807) is 41.5 Å². The fourth-order valence-corrected chi connectivity index (χ4v) is 3.27. The zero-order valence-electron chi connectivity index (χ0n) is 21.6. The van der Waals surface area contributed by atoms with Crippen LogP contribution in [0.3, 0.4) is 0 Å². The second kappa shape index (κ2) is 10.2. The first-order valence-corrected chi connectivity index (χ1v) is 11.4. The van der Waals surface area contributed by atoms with Crippen molar-refractivity contribution in [1.29, 1.82) is 0 Å². The molecule has 2 rings (SSSR count). The number of benzene rings is 1. The molecule has 0 radical (unpaired) electrons. The third-order valence-corrected chi connectivity index (χ3v) is 4.49. The van der Waals surface area contributed by atoms with Gasteiger partial charge in [0.25, 0.3) is 0 Å². The second-order valence-corrected chi connectivity index (χ2v) is 10.6. The fourth-order valence-electron chi connectivity index (χ4n) is 3.06. The van der Waals surface area contributed by atoms with Crippen molar-refractivity contribution in [2.24, 2.45) is 0 Å². The van der Waals surface area contributed by atoms with Gasteiger partial charge in [-0.2, -0.15) is 4.98 Å². The average Bonchev–Trinajstić information content (AvgIpc) is 2.61. The molecule has 0 fully saturated rings. The zero-order chi connectivity index (χ0) is 26.0. The Kier molecular flexibility index (Phi) is 8.19. The molecular formula is C25H34ClN3O5. The van der Waals surface area contributed by atoms with Gasteiger partial charge in [-0.25, -0.2) is 14.6 Å². The highest BCUT2D eigenvalue weighted by atomic mass is 35.5. The number of aromatic nitrogens is 2. The molecule has 1 aromatic heterocycles. The van der Waals surface area contributed by atoms with Crippen LogP contribution in [0.25, 0.3) is 11.3 Å². The molecular weight excluding hydrogens is 458 g/mol. The van der Waals surface area contributed by atoms with Gasteiger partial charge in [0.2, 0.25) is 5.95 Å². The lowest BCUT2D eigenvalue weighted by atomic mass is 9.99. The third-order valence-electron chi connectivity index (χ3n) is 4.24. The van der Waals surface area contributed by atoms with Crippen molar-refractivity contribution in [2.75, 3.05) is 4.90 Å². The van der Waals surface area contributed by atoms with E-state index < -0.39 is 23.4 Å². The fraction of sp³-hybridized carbons (Fsp3) is 0.520. The molecule has 8 nitrogen and oxygen atoms in total. The molecule has 0 saturated carbocycles. The van der Waals surface area contributed by atoms with Crippen molar-refractivity contribution < 1.29 is 23.8 Å². The number of halogens is 1. The molecule has 186 valence electrons. The Balaban J connectivity index is 2.79. The molecule has 0 atom stereocenters. The normalized spacial score (nSPS) is 11.9. The van der Waals surface area contributed by atoms with Gasteiger partial charge in [0.15, 0.2) is 10.9 Å². The van der Waals surface area contributed by atoms with Gasteiger partial charge >= 0.3 is 12.2 Å². The molecule has 0 N–H and O–H groups in total. The molecule has 0 spiro atoms. The van der Waals surface area contributed by atoms with Gasteiger partial charge in [-0.05, 0) is 80.4 Å². The van der Waals surface area contributed by atoms with Crippen LogP contribution in [0.5, 0.6) is 5.75 Å². The molecule has 2 amide bonds. The minimum absolute atomic E-state index is 0.0477. The number of rotatable bonds is 4. The maximum Gasteiger partial charge on any atom is 0.427 e. The predicted octanol–water partition coefficient (Wildman–Crippen LogP) is 6.88. The van der Waals surface area contributed by atoms with Crippen LogP contribution in [0.15, 0.2) is 18.2 Å². The molecule has 0 aliphatic carbocycles. The van der Waals surface area contributed by atoms with Crippen LogP contribution in [0.1, 0.15) is 66.5 Å². The smallest absolute Gasteiger partial charge is 0.427 e. The lowest BCUT2D eigenvalue weighted by Crippen LogP contribution is -2.44. The van der Waals surface area contributed by atoms with E-state index in [0.29, 0.717) is 10.6 Å². The number of carbonyl (C=O) groups excluding carboxylic acids is 2. The molecule has 2 aromatic rings. The van der Waals surface area contributed by atoms with E-state index in [4.69, 9.17) is 25.8 Å². The van der Waals surface area contributed by atoms with Gasteiger partial charge in [-0.15, -0.1) is 4.90 Å². The van der Waals surface area contributed by atoms with E-state index in [2.05, 4.69) is 9.97 Å². The van der Waals surface area contributed by atoms with Crippen molar-refractivity contribution >= 4 is 29.7 Å². The van der Waals surface area contributed by atoms with Crippen molar-refractivity contribution in [3.05, 3.63) is 34.5 Å². The number of amides is 2. The summed E-state index contributed by atoms with van der Waals surface area (Å²) in [6, 6.07) is 5.78. The van der Waals surface area contributed by atoms with Crippen molar-refractivity contribution in [1.82, 2.24) is 9.97 Å². The summed E-state index contributed by atoms with van der Waals surface area (Å²) in [6.07, 6.45) is -2.19. The van der Waals surface area contributed by atoms with E-state index in [1.165, 1.54) is 0 Å². The molecule has 0 aliphatic heterocycles. The standard InChI is InChI=1S/C25H34ClN3O5/c1-14(2)32-19-18(17-15(3)12-11-13-16(17)4)27-21(28-20(19)26)29(22(30)33-24(5,6)7)23(31)34-25(8,9)10/h11-14H,1-10H3. The summed E-state index contributed by atoms with van der Waals surface area (Å²) in [4.78, 5) is 35.6. The summed E-state index contributed by atoms with van der Waals surface area (Å²) in [5.74, 6) is -0.0200. The van der Waals surface area contributed by atoms with Crippen LogP contribution in [-0.4, -0.2) is 39.5 Å². The topological polar surface area (TPSA) is 90.9 Å². The Morgan fingerprint density at radius 2 is 1.38 bits per heavy atom. The maximum atomic E-state index is 13.1. The van der Waals surface area contributed by atoms with E-state index in [-0.39, 0.29) is 23.0 Å². The van der Waals surface area contributed by atoms with Crippen LogP contribution in [0.4, 0.5) is 15.5 Å². The molecule has 0 unspecified atom stereocenters. The predicted molar refractivity (Wildman–Crippen MR) is 133 cm³/mol. The Hall–Kier alpha value is -2.87. The SMILES string of the molecule is Cc1cccc(C)c1-c1nc(N(C(=O)OC(C)(C)C)C(=O)OC(C)(C)C)nc(Cl)c1OC(C)C. The highest BCUT2D eigenvalue weighted by Gasteiger charge is 2.36. The molecule has 1 heterocycles. The number of carbonyl (C=O) groups is 2. The maximum absolute atomic E-state index is 13.1. The first kappa shape index (κ1) is 27.4. The highest BCUT2D eigenvalue weighted by Crippen LogP contribution is 2.39. The number of hydrogen-bond acceptors (Lipinski definition) is 7. The van der Waals surface area contributed by atoms with E-state index in [1.807, 2.05) is 45.9 Å². The van der Waals surface area contributed by atoms with Crippen LogP contribution in [0.2, 0.25) is 5.15 Å². The molecule has 34 heavy (non-hydrogen) atoms. The molecule has 0 bridgehead atoms. The Labute approximate surface area is 206 Å². The lowest BCUT2D eigenvalue weighted by Gasteiger charge is -2.28. The number of nitrogens with zero attached hydrogens (tertiary/aromatic N) is 3. The minimum atomic E-state index is -0.984. The summed E-state index contributed by atoms with van der Waals surface area (Å²) >= 11 is 6.55. The van der Waals surface area contributed by atoms with Gasteiger partial charge < -0.3 is 14.2 Å². The summed E-state index contributed by atoms with van der Waals surface area (Å²) < 4.78 is 16.8. The summed E-state index contributed by atoms with van der Waals surface area (Å²) in [5.41, 5.74) is 1.19. The van der Waals surface area contributed by atoms with Crippen LogP contribution in [-0.2, 0) is 9.47 Å². The lowest BCUT2D eigenvalue weighted by molar-refractivity contribution is 0.0427. The number of imide groups is 1. The number of hydrogen-bond donors (Lipinski definition) is 0. The third kappa shape index (κ3) is 7.06. The zero-order valence-corrected chi connectivity index (χ0v) is 22.3. The largest absolute Gasteiger partial charge is 0.485 e. The number of aryl methyl sites for hydroxylation is 2. The van der Waals surface area contributed by atoms with Gasteiger partial charge in [0.1, 0.15) is 16.9 Å². The van der Waals surface area contributed by atoms with E-state index in [0.717, 1.165) is 16.7 Å². The van der Waals surface area contributed by atoms with Crippen LogP contribution < -0.4 is 9.64 Å². The monoisotopic (exact) mass is 491 g/mol.